The molecule has 1 aliphatic rings. The van der Waals surface area contributed by atoms with Gasteiger partial charge in [0.05, 0.1) is 0 Å². The lowest BCUT2D eigenvalue weighted by atomic mass is 10.2. The quantitative estimate of drug-likeness (QED) is 0.881. The van der Waals surface area contributed by atoms with Gasteiger partial charge in [0.15, 0.2) is 0 Å². The number of benzene rings is 1. The van der Waals surface area contributed by atoms with Gasteiger partial charge < -0.3 is 5.32 Å². The lowest BCUT2D eigenvalue weighted by Gasteiger charge is -2.13. The van der Waals surface area contributed by atoms with Crippen molar-refractivity contribution in [3.05, 3.63) is 28.2 Å². The second-order valence-corrected chi connectivity index (χ2v) is 5.67. The van der Waals surface area contributed by atoms with Crippen LogP contribution in [0.1, 0.15) is 12.0 Å². The molecule has 1 aromatic rings. The van der Waals surface area contributed by atoms with E-state index in [0.29, 0.717) is 6.04 Å². The van der Waals surface area contributed by atoms with E-state index in [4.69, 9.17) is 0 Å². The van der Waals surface area contributed by atoms with Crippen molar-refractivity contribution >= 4 is 33.4 Å². The Balaban J connectivity index is 2.05. The maximum Gasteiger partial charge on any atom is 0.0359 e. The number of aryl methyl sites for hydroxylation is 1. The van der Waals surface area contributed by atoms with Gasteiger partial charge in [0.2, 0.25) is 0 Å². The normalized spacial score (nSPS) is 21.1. The highest BCUT2D eigenvalue weighted by atomic mass is 79.9. The fourth-order valence-electron chi connectivity index (χ4n) is 1.62. The SMILES string of the molecule is Cc1cc(N[C@H]2CCSC2)ccc1Br. The highest BCUT2D eigenvalue weighted by Gasteiger charge is 2.14. The third kappa shape index (κ3) is 2.45. The zero-order chi connectivity index (χ0) is 9.97. The Bertz CT molecular complexity index is 321. The van der Waals surface area contributed by atoms with E-state index >= 15 is 0 Å². The van der Waals surface area contributed by atoms with Gasteiger partial charge in [-0.1, -0.05) is 15.9 Å². The number of thioether (sulfide) groups is 1. The topological polar surface area (TPSA) is 12.0 Å². The Morgan fingerprint density at radius 2 is 2.36 bits per heavy atom. The van der Waals surface area contributed by atoms with Gasteiger partial charge in [0.1, 0.15) is 0 Å². The van der Waals surface area contributed by atoms with Crippen molar-refractivity contribution in [2.45, 2.75) is 19.4 Å². The Morgan fingerprint density at radius 1 is 1.50 bits per heavy atom. The molecule has 0 radical (unpaired) electrons. The first-order chi connectivity index (χ1) is 6.75. The van der Waals surface area contributed by atoms with E-state index in [2.05, 4.69) is 46.4 Å². The van der Waals surface area contributed by atoms with Crippen LogP contribution in [0.4, 0.5) is 5.69 Å². The van der Waals surface area contributed by atoms with Crippen molar-refractivity contribution in [1.82, 2.24) is 0 Å². The summed E-state index contributed by atoms with van der Waals surface area (Å²) >= 11 is 5.55. The molecule has 1 aliphatic heterocycles. The molecule has 76 valence electrons. The lowest BCUT2D eigenvalue weighted by Crippen LogP contribution is -2.17. The van der Waals surface area contributed by atoms with Crippen LogP contribution in [0.15, 0.2) is 22.7 Å². The predicted molar refractivity (Wildman–Crippen MR) is 68.2 cm³/mol. The van der Waals surface area contributed by atoms with Crippen LogP contribution in [0.5, 0.6) is 0 Å². The van der Waals surface area contributed by atoms with E-state index in [1.165, 1.54) is 33.7 Å². The van der Waals surface area contributed by atoms with Gasteiger partial charge in [-0.15, -0.1) is 0 Å². The van der Waals surface area contributed by atoms with Crippen LogP contribution in [-0.2, 0) is 0 Å². The van der Waals surface area contributed by atoms with Gasteiger partial charge in [-0.05, 0) is 42.9 Å². The maximum atomic E-state index is 3.57. The van der Waals surface area contributed by atoms with Crippen molar-refractivity contribution < 1.29 is 0 Å². The molecule has 1 saturated heterocycles. The first kappa shape index (κ1) is 10.4. The second kappa shape index (κ2) is 4.58. The van der Waals surface area contributed by atoms with Crippen LogP contribution in [0.3, 0.4) is 0 Å². The minimum absolute atomic E-state index is 0.667. The summed E-state index contributed by atoms with van der Waals surface area (Å²) in [7, 11) is 0. The molecule has 1 nitrogen and oxygen atoms in total. The van der Waals surface area contributed by atoms with E-state index in [1.807, 2.05) is 11.8 Å². The highest BCUT2D eigenvalue weighted by Crippen LogP contribution is 2.24. The molecule has 3 heteroatoms. The summed E-state index contributed by atoms with van der Waals surface area (Å²) in [5.41, 5.74) is 2.54. The number of hydrogen-bond acceptors (Lipinski definition) is 2. The average Bonchev–Trinajstić information content (AvgIpc) is 2.64. The van der Waals surface area contributed by atoms with Crippen LogP contribution in [0.25, 0.3) is 0 Å². The van der Waals surface area contributed by atoms with E-state index in [9.17, 15) is 0 Å². The molecule has 1 aromatic carbocycles. The van der Waals surface area contributed by atoms with E-state index < -0.39 is 0 Å². The van der Waals surface area contributed by atoms with Crippen LogP contribution < -0.4 is 5.32 Å². The summed E-state index contributed by atoms with van der Waals surface area (Å²) in [5.74, 6) is 2.54. The number of rotatable bonds is 2. The van der Waals surface area contributed by atoms with Gasteiger partial charge in [-0.2, -0.15) is 11.8 Å². The van der Waals surface area contributed by atoms with E-state index in [0.717, 1.165) is 0 Å². The van der Waals surface area contributed by atoms with Crippen LogP contribution in [0, 0.1) is 6.92 Å². The third-order valence-corrected chi connectivity index (χ3v) is 4.51. The number of hydrogen-bond donors (Lipinski definition) is 1. The summed E-state index contributed by atoms with van der Waals surface area (Å²) in [4.78, 5) is 0. The van der Waals surface area contributed by atoms with E-state index in [-0.39, 0.29) is 0 Å². The second-order valence-electron chi connectivity index (χ2n) is 3.67. The monoisotopic (exact) mass is 271 g/mol. The minimum Gasteiger partial charge on any atom is -0.381 e. The molecule has 1 heterocycles. The summed E-state index contributed by atoms with van der Waals surface area (Å²) in [6, 6.07) is 7.12. The van der Waals surface area contributed by atoms with Crippen molar-refractivity contribution in [1.29, 1.82) is 0 Å². The third-order valence-electron chi connectivity index (χ3n) is 2.46. The zero-order valence-electron chi connectivity index (χ0n) is 8.22. The largest absolute Gasteiger partial charge is 0.381 e. The summed E-state index contributed by atoms with van der Waals surface area (Å²) in [5, 5.41) is 3.57. The fraction of sp³-hybridized carbons (Fsp3) is 0.455. The molecule has 0 saturated carbocycles. The zero-order valence-corrected chi connectivity index (χ0v) is 10.6. The van der Waals surface area contributed by atoms with Crippen molar-refractivity contribution in [3.63, 3.8) is 0 Å². The molecule has 2 rings (SSSR count). The number of anilines is 1. The highest BCUT2D eigenvalue weighted by molar-refractivity contribution is 9.10. The first-order valence-electron chi connectivity index (χ1n) is 4.86. The van der Waals surface area contributed by atoms with Crippen molar-refractivity contribution in [2.24, 2.45) is 0 Å². The fourth-order valence-corrected chi connectivity index (χ4v) is 3.02. The molecule has 0 aliphatic carbocycles. The summed E-state index contributed by atoms with van der Waals surface area (Å²) in [6.45, 7) is 2.12. The molecule has 0 spiro atoms. The molecule has 0 amide bonds. The van der Waals surface area contributed by atoms with Gasteiger partial charge in [-0.25, -0.2) is 0 Å². The predicted octanol–water partition coefficient (Wildman–Crippen LogP) is 3.67. The molecule has 0 bridgehead atoms. The van der Waals surface area contributed by atoms with Crippen molar-refractivity contribution in [3.8, 4) is 0 Å². The van der Waals surface area contributed by atoms with Crippen LogP contribution in [0.2, 0.25) is 0 Å². The average molecular weight is 272 g/mol. The van der Waals surface area contributed by atoms with Gasteiger partial charge >= 0.3 is 0 Å². The molecule has 0 aromatic heterocycles. The Kier molecular flexibility index (Phi) is 3.39. The van der Waals surface area contributed by atoms with E-state index in [1.54, 1.807) is 0 Å². The maximum absolute atomic E-state index is 3.57. The summed E-state index contributed by atoms with van der Waals surface area (Å²) in [6.07, 6.45) is 1.29. The Hall–Kier alpha value is -0.150. The number of nitrogens with one attached hydrogen (secondary N) is 1. The van der Waals surface area contributed by atoms with Gasteiger partial charge in [0, 0.05) is 22.0 Å². The minimum atomic E-state index is 0.667. The molecular weight excluding hydrogens is 258 g/mol. The van der Waals surface area contributed by atoms with Crippen molar-refractivity contribution in [2.75, 3.05) is 16.8 Å². The lowest BCUT2D eigenvalue weighted by molar-refractivity contribution is 0.813. The molecule has 1 atom stereocenters. The van der Waals surface area contributed by atoms with Crippen LogP contribution in [-0.4, -0.2) is 17.5 Å². The standard InChI is InChI=1S/C11H14BrNS/c1-8-6-9(2-3-11(8)12)13-10-4-5-14-7-10/h2-3,6,10,13H,4-5,7H2,1H3/t10-/m0/s1. The first-order valence-corrected chi connectivity index (χ1v) is 6.81. The smallest absolute Gasteiger partial charge is 0.0359 e. The molecule has 1 N–H and O–H groups in total. The van der Waals surface area contributed by atoms with Crippen LogP contribution >= 0.6 is 27.7 Å². The molecular formula is C11H14BrNS. The Labute approximate surface area is 97.8 Å². The molecule has 0 unspecified atom stereocenters. The van der Waals surface area contributed by atoms with Gasteiger partial charge in [0.25, 0.3) is 0 Å². The molecule has 1 fully saturated rings. The Morgan fingerprint density at radius 3 is 3.00 bits per heavy atom. The van der Waals surface area contributed by atoms with Gasteiger partial charge in [-0.3, -0.25) is 0 Å². The molecule has 14 heavy (non-hydrogen) atoms. The summed E-state index contributed by atoms with van der Waals surface area (Å²) < 4.78 is 1.18. The number of halogens is 1.